The number of ether oxygens (including phenoxy) is 3. The Bertz CT molecular complexity index is 887. The molecule has 2 aromatic rings. The van der Waals surface area contributed by atoms with E-state index in [1.165, 1.54) is 14.2 Å². The Labute approximate surface area is 173 Å². The molecule has 0 aliphatic rings. The summed E-state index contributed by atoms with van der Waals surface area (Å²) in [6.45, 7) is -0.486. The van der Waals surface area contributed by atoms with Gasteiger partial charge in [-0.05, 0) is 24.3 Å². The Kier molecular flexibility index (Phi) is 8.29. The van der Waals surface area contributed by atoms with E-state index in [-0.39, 0.29) is 18.7 Å². The molecule has 29 heavy (non-hydrogen) atoms. The summed E-state index contributed by atoms with van der Waals surface area (Å²) in [7, 11) is 2.97. The molecule has 0 spiro atoms. The van der Waals surface area contributed by atoms with Gasteiger partial charge in [0.25, 0.3) is 5.91 Å². The van der Waals surface area contributed by atoms with Gasteiger partial charge in [0.15, 0.2) is 6.61 Å². The highest BCUT2D eigenvalue weighted by Gasteiger charge is 2.13. The Hall–Kier alpha value is -3.26. The molecule has 0 bridgehead atoms. The van der Waals surface area contributed by atoms with Crippen LogP contribution in [0.4, 0.5) is 11.4 Å². The molecule has 0 heterocycles. The molecule has 0 unspecified atom stereocenters. The van der Waals surface area contributed by atoms with Crippen LogP contribution >= 0.6 is 11.6 Å². The first-order valence-electron chi connectivity index (χ1n) is 8.64. The van der Waals surface area contributed by atoms with Crippen molar-refractivity contribution in [3.05, 3.63) is 47.5 Å². The highest BCUT2D eigenvalue weighted by atomic mass is 35.5. The van der Waals surface area contributed by atoms with Gasteiger partial charge in [-0.15, -0.1) is 0 Å². The molecule has 9 heteroatoms. The fraction of sp³-hybridized carbons (Fsp3) is 0.250. The van der Waals surface area contributed by atoms with Crippen molar-refractivity contribution in [2.75, 3.05) is 31.5 Å². The predicted octanol–water partition coefficient (Wildman–Crippen LogP) is 3.26. The van der Waals surface area contributed by atoms with Crippen LogP contribution in [0.2, 0.25) is 5.02 Å². The topological polar surface area (TPSA) is 103 Å². The lowest BCUT2D eigenvalue weighted by Gasteiger charge is -2.12. The molecular formula is C20H21ClN2O6. The van der Waals surface area contributed by atoms with E-state index >= 15 is 0 Å². The summed E-state index contributed by atoms with van der Waals surface area (Å²) in [6.07, 6.45) is -0.270. The molecular weight excluding hydrogens is 400 g/mol. The molecule has 0 radical (unpaired) electrons. The number of carbonyl (C=O) groups is 3. The molecule has 0 fully saturated rings. The van der Waals surface area contributed by atoms with Crippen LogP contribution < -0.4 is 20.1 Å². The largest absolute Gasteiger partial charge is 0.497 e. The Morgan fingerprint density at radius 3 is 2.31 bits per heavy atom. The van der Waals surface area contributed by atoms with Crippen LogP contribution in [-0.4, -0.2) is 38.6 Å². The highest BCUT2D eigenvalue weighted by Crippen LogP contribution is 2.28. The predicted molar refractivity (Wildman–Crippen MR) is 108 cm³/mol. The van der Waals surface area contributed by atoms with Crippen LogP contribution in [0, 0.1) is 0 Å². The average Bonchev–Trinajstić information content (AvgIpc) is 2.72. The number of nitrogens with one attached hydrogen (secondary N) is 2. The second kappa shape index (κ2) is 10.9. The number of rotatable bonds is 9. The number of hydrogen-bond acceptors (Lipinski definition) is 6. The fourth-order valence-electron chi connectivity index (χ4n) is 2.30. The zero-order valence-corrected chi connectivity index (χ0v) is 16.7. The van der Waals surface area contributed by atoms with Gasteiger partial charge in [0, 0.05) is 12.5 Å². The highest BCUT2D eigenvalue weighted by molar-refractivity contribution is 6.33. The van der Waals surface area contributed by atoms with Gasteiger partial charge in [0.05, 0.1) is 37.0 Å². The Morgan fingerprint density at radius 1 is 0.897 bits per heavy atom. The minimum Gasteiger partial charge on any atom is -0.497 e. The number of anilines is 2. The van der Waals surface area contributed by atoms with E-state index < -0.39 is 18.5 Å². The van der Waals surface area contributed by atoms with E-state index in [4.69, 9.17) is 25.8 Å². The lowest BCUT2D eigenvalue weighted by molar-refractivity contribution is -0.147. The maximum absolute atomic E-state index is 12.0. The van der Waals surface area contributed by atoms with Crippen LogP contribution in [0.5, 0.6) is 11.5 Å². The zero-order valence-electron chi connectivity index (χ0n) is 16.0. The molecule has 2 rings (SSSR count). The molecule has 0 saturated carbocycles. The number of carbonyl (C=O) groups excluding carboxylic acids is 3. The van der Waals surface area contributed by atoms with Crippen molar-refractivity contribution in [2.45, 2.75) is 12.8 Å². The van der Waals surface area contributed by atoms with Crippen molar-refractivity contribution >= 4 is 40.8 Å². The van der Waals surface area contributed by atoms with Gasteiger partial charge in [0.2, 0.25) is 5.91 Å². The molecule has 2 aromatic carbocycles. The van der Waals surface area contributed by atoms with Gasteiger partial charge in [-0.1, -0.05) is 23.7 Å². The minimum atomic E-state index is -0.670. The standard InChI is InChI=1S/C20H21ClN2O6/c1-27-13-7-8-16(17(11-13)28-2)23-19(25)12-29-20(26)10-9-18(24)22-15-6-4-3-5-14(15)21/h3-8,11H,9-10,12H2,1-2H3,(H,22,24)(H,23,25). The summed E-state index contributed by atoms with van der Waals surface area (Å²) in [5.41, 5.74) is 0.869. The summed E-state index contributed by atoms with van der Waals surface area (Å²) in [5, 5.41) is 5.58. The third kappa shape index (κ3) is 7.00. The first-order valence-corrected chi connectivity index (χ1v) is 9.02. The Balaban J connectivity index is 1.75. The van der Waals surface area contributed by atoms with Crippen LogP contribution in [0.3, 0.4) is 0 Å². The third-order valence-electron chi connectivity index (χ3n) is 3.75. The SMILES string of the molecule is COc1ccc(NC(=O)COC(=O)CCC(=O)Nc2ccccc2Cl)c(OC)c1. The molecule has 0 aliphatic carbocycles. The van der Waals surface area contributed by atoms with Gasteiger partial charge in [-0.3, -0.25) is 14.4 Å². The second-order valence-corrected chi connectivity index (χ2v) is 6.21. The van der Waals surface area contributed by atoms with Crippen molar-refractivity contribution in [3.8, 4) is 11.5 Å². The van der Waals surface area contributed by atoms with E-state index in [0.29, 0.717) is 27.9 Å². The first kappa shape index (κ1) is 22.0. The number of esters is 1. The minimum absolute atomic E-state index is 0.0992. The third-order valence-corrected chi connectivity index (χ3v) is 4.08. The van der Waals surface area contributed by atoms with E-state index in [1.807, 2.05) is 0 Å². The Morgan fingerprint density at radius 2 is 1.62 bits per heavy atom. The van der Waals surface area contributed by atoms with Crippen LogP contribution in [0.15, 0.2) is 42.5 Å². The lowest BCUT2D eigenvalue weighted by Crippen LogP contribution is -2.22. The van der Waals surface area contributed by atoms with Crippen molar-refractivity contribution in [1.29, 1.82) is 0 Å². The molecule has 0 aliphatic heterocycles. The molecule has 2 N–H and O–H groups in total. The summed E-state index contributed by atoms with van der Waals surface area (Å²) < 4.78 is 15.2. The summed E-state index contributed by atoms with van der Waals surface area (Å²) in [6, 6.07) is 11.6. The maximum Gasteiger partial charge on any atom is 0.306 e. The van der Waals surface area contributed by atoms with Crippen molar-refractivity contribution in [3.63, 3.8) is 0 Å². The maximum atomic E-state index is 12.0. The van der Waals surface area contributed by atoms with E-state index in [0.717, 1.165) is 0 Å². The van der Waals surface area contributed by atoms with Crippen LogP contribution in [-0.2, 0) is 19.1 Å². The van der Waals surface area contributed by atoms with Crippen molar-refractivity contribution in [2.24, 2.45) is 0 Å². The number of benzene rings is 2. The fourth-order valence-corrected chi connectivity index (χ4v) is 2.48. The summed E-state index contributed by atoms with van der Waals surface area (Å²) >= 11 is 5.95. The summed E-state index contributed by atoms with van der Waals surface area (Å²) in [5.74, 6) is -0.623. The molecule has 2 amide bonds. The number of hydrogen-bond donors (Lipinski definition) is 2. The number of halogens is 1. The number of amides is 2. The van der Waals surface area contributed by atoms with E-state index in [9.17, 15) is 14.4 Å². The smallest absolute Gasteiger partial charge is 0.306 e. The number of methoxy groups -OCH3 is 2. The van der Waals surface area contributed by atoms with E-state index in [1.54, 1.807) is 42.5 Å². The summed E-state index contributed by atoms with van der Waals surface area (Å²) in [4.78, 5) is 35.7. The monoisotopic (exact) mass is 420 g/mol. The average molecular weight is 421 g/mol. The second-order valence-electron chi connectivity index (χ2n) is 5.80. The van der Waals surface area contributed by atoms with Gasteiger partial charge in [-0.25, -0.2) is 0 Å². The van der Waals surface area contributed by atoms with Crippen molar-refractivity contribution < 1.29 is 28.6 Å². The molecule has 0 saturated heterocycles. The molecule has 8 nitrogen and oxygen atoms in total. The first-order chi connectivity index (χ1) is 13.9. The van der Waals surface area contributed by atoms with Crippen LogP contribution in [0.1, 0.15) is 12.8 Å². The molecule has 154 valence electrons. The van der Waals surface area contributed by atoms with Gasteiger partial charge in [0.1, 0.15) is 11.5 Å². The van der Waals surface area contributed by atoms with Crippen LogP contribution in [0.25, 0.3) is 0 Å². The zero-order chi connectivity index (χ0) is 21.2. The van der Waals surface area contributed by atoms with Gasteiger partial charge in [-0.2, -0.15) is 0 Å². The van der Waals surface area contributed by atoms with Gasteiger partial charge >= 0.3 is 5.97 Å². The normalized spacial score (nSPS) is 10.0. The number of para-hydroxylation sites is 1. The quantitative estimate of drug-likeness (QED) is 0.603. The lowest BCUT2D eigenvalue weighted by atomic mass is 10.2. The van der Waals surface area contributed by atoms with E-state index in [2.05, 4.69) is 10.6 Å². The molecule has 0 aromatic heterocycles. The molecule has 0 atom stereocenters. The van der Waals surface area contributed by atoms with Crippen molar-refractivity contribution in [1.82, 2.24) is 0 Å². The van der Waals surface area contributed by atoms with Gasteiger partial charge < -0.3 is 24.8 Å².